The molecule has 0 spiro atoms. The zero-order valence-corrected chi connectivity index (χ0v) is 15.6. The van der Waals surface area contributed by atoms with E-state index in [1.165, 1.54) is 0 Å². The largest absolute Gasteiger partial charge is 0.454 e. The lowest BCUT2D eigenvalue weighted by Gasteiger charge is -2.35. The molecule has 0 atom stereocenters. The van der Waals surface area contributed by atoms with Crippen LogP contribution in [0, 0.1) is 11.3 Å². The minimum atomic E-state index is 0.583. The molecule has 0 N–H and O–H groups in total. The molecule has 0 unspecified atom stereocenters. The predicted molar refractivity (Wildman–Crippen MR) is 102 cm³/mol. The van der Waals surface area contributed by atoms with Gasteiger partial charge in [-0.25, -0.2) is 0 Å². The van der Waals surface area contributed by atoms with Gasteiger partial charge < -0.3 is 9.32 Å². The monoisotopic (exact) mass is 403 g/mol. The first kappa shape index (κ1) is 17.2. The topological polar surface area (TPSA) is 43.4 Å². The van der Waals surface area contributed by atoms with Crippen molar-refractivity contribution in [2.45, 2.75) is 6.42 Å². The van der Waals surface area contributed by atoms with Crippen LogP contribution in [0.1, 0.15) is 12.2 Å². The summed E-state index contributed by atoms with van der Waals surface area (Å²) in [7, 11) is 0. The number of hydrogen-bond acceptors (Lipinski definition) is 4. The Balaban J connectivity index is 1.62. The van der Waals surface area contributed by atoms with Crippen molar-refractivity contribution >= 4 is 33.1 Å². The molecule has 1 aromatic carbocycles. The maximum atomic E-state index is 8.67. The third kappa shape index (κ3) is 4.04. The number of nitrogens with zero attached hydrogens (tertiary/aromatic N) is 3. The van der Waals surface area contributed by atoms with Crippen molar-refractivity contribution in [1.29, 1.82) is 5.26 Å². The average Bonchev–Trinajstić information content (AvgIpc) is 3.10. The van der Waals surface area contributed by atoms with Crippen LogP contribution in [0.5, 0.6) is 0 Å². The molecule has 3 rings (SSSR count). The molecule has 0 saturated carbocycles. The predicted octanol–water partition coefficient (Wildman–Crippen LogP) is 3.92. The fourth-order valence-corrected chi connectivity index (χ4v) is 3.32. The number of hydrogen-bond donors (Lipinski definition) is 0. The van der Waals surface area contributed by atoms with E-state index in [-0.39, 0.29) is 0 Å². The second-order valence-corrected chi connectivity index (χ2v) is 7.02. The van der Waals surface area contributed by atoms with Gasteiger partial charge in [-0.15, -0.1) is 0 Å². The zero-order chi connectivity index (χ0) is 16.9. The number of nitriles is 1. The van der Waals surface area contributed by atoms with E-state index >= 15 is 0 Å². The number of benzene rings is 1. The molecule has 0 amide bonds. The normalized spacial score (nSPS) is 15.2. The van der Waals surface area contributed by atoms with Crippen LogP contribution in [-0.4, -0.2) is 47.5 Å². The maximum absolute atomic E-state index is 8.67. The van der Waals surface area contributed by atoms with Gasteiger partial charge in [0.2, 0.25) is 0 Å². The number of piperazine rings is 1. The third-order valence-corrected chi connectivity index (χ3v) is 5.13. The van der Waals surface area contributed by atoms with Gasteiger partial charge in [-0.3, -0.25) is 4.90 Å². The minimum absolute atomic E-state index is 0.583. The Morgan fingerprint density at radius 2 is 1.83 bits per heavy atom. The van der Waals surface area contributed by atoms with E-state index < -0.39 is 0 Å². The molecular weight excluding hydrogens is 386 g/mol. The van der Waals surface area contributed by atoms with E-state index in [1.54, 1.807) is 0 Å². The van der Waals surface area contributed by atoms with Crippen molar-refractivity contribution < 1.29 is 4.42 Å². The van der Waals surface area contributed by atoms with Crippen LogP contribution in [0.15, 0.2) is 45.3 Å². The summed E-state index contributed by atoms with van der Waals surface area (Å²) >= 11 is 9.04. The van der Waals surface area contributed by atoms with Gasteiger partial charge in [0.25, 0.3) is 0 Å². The summed E-state index contributed by atoms with van der Waals surface area (Å²) in [6.07, 6.45) is 0.583. The van der Waals surface area contributed by atoms with Crippen LogP contribution in [0.4, 0.5) is 0 Å². The first-order valence-corrected chi connectivity index (χ1v) is 9.12. The van der Waals surface area contributed by atoms with Crippen LogP contribution in [0.3, 0.4) is 0 Å². The molecule has 1 aromatic heterocycles. The Hall–Kier alpha value is -1.68. The Labute approximate surface area is 155 Å². The first-order chi connectivity index (χ1) is 11.7. The van der Waals surface area contributed by atoms with Gasteiger partial charge in [0.05, 0.1) is 6.07 Å². The lowest BCUT2D eigenvalue weighted by Crippen LogP contribution is -2.48. The minimum Gasteiger partial charge on any atom is -0.454 e. The van der Waals surface area contributed by atoms with Crippen LogP contribution < -0.4 is 0 Å². The molecule has 2 aromatic rings. The van der Waals surface area contributed by atoms with Gasteiger partial charge >= 0.3 is 0 Å². The summed E-state index contributed by atoms with van der Waals surface area (Å²) in [4.78, 5) is 5.25. The molecule has 2 heterocycles. The van der Waals surface area contributed by atoms with E-state index in [1.807, 2.05) is 36.4 Å². The quantitative estimate of drug-likeness (QED) is 0.723. The fraction of sp³-hybridized carbons (Fsp3) is 0.333. The first-order valence-electron chi connectivity index (χ1n) is 7.92. The van der Waals surface area contributed by atoms with E-state index in [4.69, 9.17) is 21.9 Å². The van der Waals surface area contributed by atoms with Crippen molar-refractivity contribution in [3.8, 4) is 17.4 Å². The van der Waals surface area contributed by atoms with Gasteiger partial charge in [0, 0.05) is 49.2 Å². The van der Waals surface area contributed by atoms with Crippen LogP contribution in [-0.2, 0) is 0 Å². The number of thiocarbonyl (C=S) groups is 1. The number of rotatable bonds is 4. The third-order valence-electron chi connectivity index (χ3n) is 4.14. The Morgan fingerprint density at radius 3 is 2.50 bits per heavy atom. The van der Waals surface area contributed by atoms with Gasteiger partial charge in [-0.2, -0.15) is 5.26 Å². The standard InChI is InChI=1S/C18H18BrN3OS/c19-15-4-2-14(3-5-15)16-6-7-17(23-16)18(24)22-12-10-21(11-13-22)9-1-8-20/h2-7H,1,9-13H2. The molecule has 24 heavy (non-hydrogen) atoms. The van der Waals surface area contributed by atoms with Crippen molar-refractivity contribution in [1.82, 2.24) is 9.80 Å². The van der Waals surface area contributed by atoms with Gasteiger partial charge in [-0.05, 0) is 24.3 Å². The van der Waals surface area contributed by atoms with Crippen LogP contribution in [0.2, 0.25) is 0 Å². The van der Waals surface area contributed by atoms with Gasteiger partial charge in [-0.1, -0.05) is 40.3 Å². The molecule has 0 bridgehead atoms. The van der Waals surface area contributed by atoms with Gasteiger partial charge in [0.1, 0.15) is 10.7 Å². The fourth-order valence-electron chi connectivity index (χ4n) is 2.76. The van der Waals surface area contributed by atoms with Crippen molar-refractivity contribution in [3.05, 3.63) is 46.6 Å². The van der Waals surface area contributed by atoms with Crippen molar-refractivity contribution in [2.75, 3.05) is 32.7 Å². The molecule has 0 radical (unpaired) electrons. The lowest BCUT2D eigenvalue weighted by molar-refractivity contribution is 0.186. The van der Waals surface area contributed by atoms with E-state index in [2.05, 4.69) is 31.8 Å². The lowest BCUT2D eigenvalue weighted by atomic mass is 10.2. The summed E-state index contributed by atoms with van der Waals surface area (Å²) in [5, 5.41) is 8.67. The molecule has 1 saturated heterocycles. The summed E-state index contributed by atoms with van der Waals surface area (Å²) in [6.45, 7) is 4.45. The molecule has 6 heteroatoms. The maximum Gasteiger partial charge on any atom is 0.162 e. The van der Waals surface area contributed by atoms with Crippen molar-refractivity contribution in [3.63, 3.8) is 0 Å². The molecule has 4 nitrogen and oxygen atoms in total. The number of furan rings is 1. The second-order valence-electron chi connectivity index (χ2n) is 5.71. The van der Waals surface area contributed by atoms with Gasteiger partial charge in [0.15, 0.2) is 5.76 Å². The molecule has 124 valence electrons. The highest BCUT2D eigenvalue weighted by molar-refractivity contribution is 9.10. The van der Waals surface area contributed by atoms with Crippen LogP contribution >= 0.6 is 28.1 Å². The molecule has 1 aliphatic heterocycles. The smallest absolute Gasteiger partial charge is 0.162 e. The summed E-state index contributed by atoms with van der Waals surface area (Å²) in [6, 6.07) is 14.1. The van der Waals surface area contributed by atoms with Crippen LogP contribution in [0.25, 0.3) is 11.3 Å². The Kier molecular flexibility index (Phi) is 5.67. The highest BCUT2D eigenvalue weighted by Gasteiger charge is 2.21. The SMILES string of the molecule is N#CCCN1CCN(C(=S)c2ccc(-c3ccc(Br)cc3)o2)CC1. The summed E-state index contributed by atoms with van der Waals surface area (Å²) in [5.74, 6) is 1.57. The molecule has 1 aliphatic rings. The van der Waals surface area contributed by atoms with E-state index in [9.17, 15) is 0 Å². The molecule has 0 aliphatic carbocycles. The van der Waals surface area contributed by atoms with E-state index in [0.717, 1.165) is 59.3 Å². The molecule has 1 fully saturated rings. The zero-order valence-electron chi connectivity index (χ0n) is 13.2. The molecular formula is C18H18BrN3OS. The highest BCUT2D eigenvalue weighted by atomic mass is 79.9. The highest BCUT2D eigenvalue weighted by Crippen LogP contribution is 2.25. The Bertz CT molecular complexity index is 742. The van der Waals surface area contributed by atoms with E-state index in [0.29, 0.717) is 6.42 Å². The number of halogens is 1. The summed E-state index contributed by atoms with van der Waals surface area (Å²) < 4.78 is 7.01. The van der Waals surface area contributed by atoms with Crippen molar-refractivity contribution in [2.24, 2.45) is 0 Å². The summed E-state index contributed by atoms with van der Waals surface area (Å²) in [5.41, 5.74) is 1.04. The Morgan fingerprint density at radius 1 is 1.12 bits per heavy atom. The average molecular weight is 404 g/mol. The second kappa shape index (κ2) is 7.93.